The lowest BCUT2D eigenvalue weighted by molar-refractivity contribution is -0.122. The van der Waals surface area contributed by atoms with Gasteiger partial charge in [-0.1, -0.05) is 6.07 Å². The first kappa shape index (κ1) is 19.4. The molecule has 4 rings (SSSR count). The molecule has 2 N–H and O–H groups in total. The third-order valence-corrected chi connectivity index (χ3v) is 5.87. The zero-order chi connectivity index (χ0) is 20.4. The zero-order valence-electron chi connectivity index (χ0n) is 17.0. The van der Waals surface area contributed by atoms with Crippen molar-refractivity contribution in [3.63, 3.8) is 0 Å². The van der Waals surface area contributed by atoms with Gasteiger partial charge in [-0.2, -0.15) is 10.2 Å². The molecule has 0 saturated carbocycles. The van der Waals surface area contributed by atoms with E-state index in [1.54, 1.807) is 0 Å². The number of aromatic nitrogens is 2. The largest absolute Gasteiger partial charge is 0.349 e. The van der Waals surface area contributed by atoms with Crippen LogP contribution in [0.2, 0.25) is 0 Å². The Labute approximate surface area is 170 Å². The van der Waals surface area contributed by atoms with Gasteiger partial charge in [0.15, 0.2) is 0 Å². The van der Waals surface area contributed by atoms with E-state index in [9.17, 15) is 9.59 Å². The van der Waals surface area contributed by atoms with Gasteiger partial charge in [0.2, 0.25) is 11.8 Å². The fourth-order valence-electron chi connectivity index (χ4n) is 4.00. The van der Waals surface area contributed by atoms with Crippen LogP contribution < -0.4 is 10.7 Å². The van der Waals surface area contributed by atoms with Crippen molar-refractivity contribution in [2.24, 2.45) is 5.10 Å². The quantitative estimate of drug-likeness (QED) is 0.818. The summed E-state index contributed by atoms with van der Waals surface area (Å²) in [6, 6.07) is 6.38. The molecule has 2 aliphatic rings. The molecule has 152 valence electrons. The van der Waals surface area contributed by atoms with E-state index in [4.69, 9.17) is 0 Å². The van der Waals surface area contributed by atoms with E-state index in [1.165, 1.54) is 16.8 Å². The van der Waals surface area contributed by atoms with Crippen LogP contribution in [0.25, 0.3) is 5.69 Å². The molecule has 0 spiro atoms. The molecule has 1 atom stereocenters. The summed E-state index contributed by atoms with van der Waals surface area (Å²) in [4.78, 5) is 23.7. The maximum atomic E-state index is 12.5. The summed E-state index contributed by atoms with van der Waals surface area (Å²) in [5, 5.41) is 11.8. The van der Waals surface area contributed by atoms with Crippen LogP contribution in [0, 0.1) is 13.8 Å². The van der Waals surface area contributed by atoms with Crippen molar-refractivity contribution < 1.29 is 9.59 Å². The first-order valence-corrected chi connectivity index (χ1v) is 10.3. The van der Waals surface area contributed by atoms with Gasteiger partial charge in [0.1, 0.15) is 0 Å². The minimum atomic E-state index is -0.0614. The van der Waals surface area contributed by atoms with Gasteiger partial charge in [0.05, 0.1) is 17.9 Å². The lowest BCUT2D eigenvalue weighted by atomic mass is 9.92. The van der Waals surface area contributed by atoms with Crippen LogP contribution >= 0.6 is 0 Å². The molecular formula is C22H27N5O2. The highest BCUT2D eigenvalue weighted by Crippen LogP contribution is 2.31. The third kappa shape index (κ3) is 4.23. The number of amides is 2. The van der Waals surface area contributed by atoms with Crippen LogP contribution in [0.15, 0.2) is 29.5 Å². The molecule has 1 aliphatic carbocycles. The summed E-state index contributed by atoms with van der Waals surface area (Å²) in [5.74, 6) is -0.0462. The highest BCUT2D eigenvalue weighted by molar-refractivity contribution is 5.94. The second kappa shape index (κ2) is 8.19. The lowest BCUT2D eigenvalue weighted by Gasteiger charge is -2.24. The maximum absolute atomic E-state index is 12.5. The van der Waals surface area contributed by atoms with Gasteiger partial charge in [0, 0.05) is 29.8 Å². The molecule has 0 fully saturated rings. The van der Waals surface area contributed by atoms with Gasteiger partial charge in [-0.15, -0.1) is 0 Å². The normalized spacial score (nSPS) is 18.6. The van der Waals surface area contributed by atoms with Crippen molar-refractivity contribution in [1.29, 1.82) is 0 Å². The summed E-state index contributed by atoms with van der Waals surface area (Å²) < 4.78 is 2.01. The van der Waals surface area contributed by atoms with E-state index < -0.39 is 0 Å². The zero-order valence-corrected chi connectivity index (χ0v) is 17.0. The molecular weight excluding hydrogens is 366 g/mol. The Morgan fingerprint density at radius 2 is 2.10 bits per heavy atom. The lowest BCUT2D eigenvalue weighted by Crippen LogP contribution is -2.32. The van der Waals surface area contributed by atoms with Gasteiger partial charge in [-0.25, -0.2) is 10.1 Å². The fraction of sp³-hybridized carbons (Fsp3) is 0.455. The predicted molar refractivity (Wildman–Crippen MR) is 111 cm³/mol. The Kier molecular flexibility index (Phi) is 5.47. The smallest absolute Gasteiger partial charge is 0.240 e. The van der Waals surface area contributed by atoms with Crippen LogP contribution in [0.3, 0.4) is 0 Å². The van der Waals surface area contributed by atoms with Crippen LogP contribution in [0.4, 0.5) is 0 Å². The number of aryl methyl sites for hydroxylation is 2. The van der Waals surface area contributed by atoms with E-state index in [0.717, 1.165) is 36.2 Å². The monoisotopic (exact) mass is 393 g/mol. The summed E-state index contributed by atoms with van der Waals surface area (Å²) in [7, 11) is 0. The molecule has 1 aromatic heterocycles. The highest BCUT2D eigenvalue weighted by atomic mass is 16.2. The minimum Gasteiger partial charge on any atom is -0.349 e. The van der Waals surface area contributed by atoms with E-state index >= 15 is 0 Å². The van der Waals surface area contributed by atoms with Crippen molar-refractivity contribution in [2.45, 2.75) is 64.8 Å². The van der Waals surface area contributed by atoms with Crippen molar-refractivity contribution in [1.82, 2.24) is 20.5 Å². The molecule has 0 bridgehead atoms. The number of hydrogen-bond acceptors (Lipinski definition) is 4. The molecule has 2 amide bonds. The second-order valence-electron chi connectivity index (χ2n) is 7.95. The molecule has 7 heteroatoms. The molecule has 1 aliphatic heterocycles. The van der Waals surface area contributed by atoms with Crippen LogP contribution in [0.5, 0.6) is 0 Å². The predicted octanol–water partition coefficient (Wildman–Crippen LogP) is 3.03. The van der Waals surface area contributed by atoms with Crippen molar-refractivity contribution in [3.05, 3.63) is 46.8 Å². The first-order valence-electron chi connectivity index (χ1n) is 10.3. The number of carbonyl (C=O) groups is 2. The minimum absolute atomic E-state index is 0.000423. The molecule has 2 heterocycles. The SMILES string of the molecule is Cc1ccc(-n2ncc3c2CCC[C@H]3NC(=O)CCC2=NNC(=O)CC2)cc1C. The fourth-order valence-corrected chi connectivity index (χ4v) is 4.00. The number of carbonyl (C=O) groups excluding carboxylic acids is 2. The van der Waals surface area contributed by atoms with E-state index in [-0.39, 0.29) is 17.9 Å². The van der Waals surface area contributed by atoms with E-state index in [1.807, 2.05) is 10.9 Å². The number of benzene rings is 1. The Balaban J connectivity index is 1.43. The van der Waals surface area contributed by atoms with Gasteiger partial charge < -0.3 is 5.32 Å². The highest BCUT2D eigenvalue weighted by Gasteiger charge is 2.26. The molecule has 0 radical (unpaired) electrons. The van der Waals surface area contributed by atoms with Gasteiger partial charge >= 0.3 is 0 Å². The Morgan fingerprint density at radius 3 is 2.86 bits per heavy atom. The number of rotatable bonds is 5. The van der Waals surface area contributed by atoms with Crippen molar-refractivity contribution in [2.75, 3.05) is 0 Å². The maximum Gasteiger partial charge on any atom is 0.240 e. The third-order valence-electron chi connectivity index (χ3n) is 5.87. The number of nitrogens with zero attached hydrogens (tertiary/aromatic N) is 3. The molecule has 2 aromatic rings. The van der Waals surface area contributed by atoms with Crippen LogP contribution in [-0.4, -0.2) is 27.3 Å². The first-order chi connectivity index (χ1) is 14.0. The Bertz CT molecular complexity index is 976. The van der Waals surface area contributed by atoms with Gasteiger partial charge in [-0.3, -0.25) is 9.59 Å². The van der Waals surface area contributed by atoms with Crippen molar-refractivity contribution >= 4 is 17.5 Å². The van der Waals surface area contributed by atoms with E-state index in [0.29, 0.717) is 25.7 Å². The molecule has 0 saturated heterocycles. The van der Waals surface area contributed by atoms with Crippen molar-refractivity contribution in [3.8, 4) is 5.69 Å². The number of nitrogens with one attached hydrogen (secondary N) is 2. The van der Waals surface area contributed by atoms with Gasteiger partial charge in [-0.05, 0) is 69.2 Å². The van der Waals surface area contributed by atoms with E-state index in [2.05, 4.69) is 53.0 Å². The average Bonchev–Trinajstić information content (AvgIpc) is 3.15. The molecule has 29 heavy (non-hydrogen) atoms. The van der Waals surface area contributed by atoms with Crippen LogP contribution in [0.1, 0.15) is 67.0 Å². The topological polar surface area (TPSA) is 88.4 Å². The van der Waals surface area contributed by atoms with Crippen LogP contribution in [-0.2, 0) is 16.0 Å². The second-order valence-corrected chi connectivity index (χ2v) is 7.95. The standard InChI is InChI=1S/C22H27N5O2/c1-14-6-9-17(12-15(14)2)27-20-5-3-4-19(18(20)13-23-27)24-21(28)10-7-16-8-11-22(29)26-25-16/h6,9,12-13,19H,3-5,7-8,10-11H2,1-2H3,(H,24,28)(H,26,29)/t19-/m1/s1. The van der Waals surface area contributed by atoms with Gasteiger partial charge in [0.25, 0.3) is 0 Å². The number of hydrogen-bond donors (Lipinski definition) is 2. The summed E-state index contributed by atoms with van der Waals surface area (Å²) in [5.41, 5.74) is 9.24. The Hall–Kier alpha value is -2.96. The summed E-state index contributed by atoms with van der Waals surface area (Å²) >= 11 is 0. The summed E-state index contributed by atoms with van der Waals surface area (Å²) in [6.07, 6.45) is 6.85. The molecule has 0 unspecified atom stereocenters. The molecule has 1 aromatic carbocycles. The number of hydrazone groups is 1. The molecule has 7 nitrogen and oxygen atoms in total. The average molecular weight is 393 g/mol. The number of fused-ring (bicyclic) bond motifs is 1. The Morgan fingerprint density at radius 1 is 1.24 bits per heavy atom. The summed E-state index contributed by atoms with van der Waals surface area (Å²) in [6.45, 7) is 4.22.